The third-order valence-electron chi connectivity index (χ3n) is 2.05. The molecule has 0 aliphatic heterocycles. The number of benzene rings is 1. The molecule has 78 valence electrons. The van der Waals surface area contributed by atoms with Gasteiger partial charge < -0.3 is 9.67 Å². The number of fused-ring (bicyclic) bond motifs is 1. The van der Waals surface area contributed by atoms with E-state index >= 15 is 0 Å². The van der Waals surface area contributed by atoms with E-state index in [4.69, 9.17) is 9.22 Å². The van der Waals surface area contributed by atoms with Crippen molar-refractivity contribution in [1.29, 1.82) is 0 Å². The molecule has 0 saturated heterocycles. The summed E-state index contributed by atoms with van der Waals surface area (Å²) in [6, 6.07) is 2.23. The standard InChI is InChI=1S/C10H7F2NO2/c1-13-8-3-5(11)2-7(12)6(8)4-9(13)10(14)15/h2-4H,1H3,(H,14,15)/i1D3. The highest BCUT2D eigenvalue weighted by atomic mass is 19.1. The van der Waals surface area contributed by atoms with Crippen LogP contribution in [0.2, 0.25) is 0 Å². The molecule has 0 spiro atoms. The van der Waals surface area contributed by atoms with Gasteiger partial charge in [0.2, 0.25) is 0 Å². The molecular formula is C10H7F2NO2. The van der Waals surface area contributed by atoms with Crippen LogP contribution in [0.1, 0.15) is 14.6 Å². The maximum atomic E-state index is 13.5. The van der Waals surface area contributed by atoms with Crippen molar-refractivity contribution >= 4 is 16.9 Å². The van der Waals surface area contributed by atoms with Crippen molar-refractivity contribution in [2.75, 3.05) is 0 Å². The second kappa shape index (κ2) is 3.05. The van der Waals surface area contributed by atoms with Gasteiger partial charge in [-0.25, -0.2) is 13.6 Å². The molecule has 5 heteroatoms. The maximum Gasteiger partial charge on any atom is 0.352 e. The van der Waals surface area contributed by atoms with E-state index in [2.05, 4.69) is 0 Å². The molecule has 2 rings (SSSR count). The summed E-state index contributed by atoms with van der Waals surface area (Å²) in [5.74, 6) is -3.50. The summed E-state index contributed by atoms with van der Waals surface area (Å²) in [4.78, 5) is 10.9. The molecule has 1 aromatic heterocycles. The Morgan fingerprint density at radius 2 is 2.20 bits per heavy atom. The number of halogens is 2. The van der Waals surface area contributed by atoms with E-state index in [0.29, 0.717) is 10.6 Å². The molecule has 0 radical (unpaired) electrons. The first-order chi connectivity index (χ1) is 8.21. The minimum absolute atomic E-state index is 0.245. The molecule has 0 amide bonds. The summed E-state index contributed by atoms with van der Waals surface area (Å²) >= 11 is 0. The third kappa shape index (κ3) is 1.36. The van der Waals surface area contributed by atoms with Gasteiger partial charge in [-0.05, 0) is 12.1 Å². The molecular weight excluding hydrogens is 204 g/mol. The number of rotatable bonds is 1. The van der Waals surface area contributed by atoms with Crippen LogP contribution >= 0.6 is 0 Å². The van der Waals surface area contributed by atoms with Gasteiger partial charge >= 0.3 is 5.97 Å². The number of nitrogens with zero attached hydrogens (tertiary/aromatic N) is 1. The first-order valence-electron chi connectivity index (χ1n) is 5.46. The van der Waals surface area contributed by atoms with Crippen molar-refractivity contribution in [1.82, 2.24) is 4.57 Å². The first kappa shape index (κ1) is 6.55. The lowest BCUT2D eigenvalue weighted by atomic mass is 10.2. The van der Waals surface area contributed by atoms with E-state index in [1.54, 1.807) is 0 Å². The maximum absolute atomic E-state index is 13.5. The van der Waals surface area contributed by atoms with Gasteiger partial charge in [-0.3, -0.25) is 0 Å². The number of hydrogen-bond acceptors (Lipinski definition) is 1. The van der Waals surface area contributed by atoms with Crippen molar-refractivity contribution in [3.8, 4) is 0 Å². The van der Waals surface area contributed by atoms with E-state index < -0.39 is 30.3 Å². The number of aryl methyl sites for hydroxylation is 1. The number of aromatic nitrogens is 1. The quantitative estimate of drug-likeness (QED) is 0.790. The Kier molecular flexibility index (Phi) is 1.33. The number of hydrogen-bond donors (Lipinski definition) is 1. The Hall–Kier alpha value is -1.91. The monoisotopic (exact) mass is 214 g/mol. The third-order valence-corrected chi connectivity index (χ3v) is 2.05. The predicted molar refractivity (Wildman–Crippen MR) is 49.8 cm³/mol. The van der Waals surface area contributed by atoms with Gasteiger partial charge in [-0.15, -0.1) is 0 Å². The van der Waals surface area contributed by atoms with Crippen LogP contribution in [0.15, 0.2) is 18.2 Å². The summed E-state index contributed by atoms with van der Waals surface area (Å²) in [5.41, 5.74) is -0.931. The summed E-state index contributed by atoms with van der Waals surface area (Å²) in [6.07, 6.45) is 0. The van der Waals surface area contributed by atoms with Crippen molar-refractivity contribution in [2.24, 2.45) is 6.98 Å². The minimum Gasteiger partial charge on any atom is -0.477 e. The number of carboxylic acid groups (broad SMARTS) is 1. The van der Waals surface area contributed by atoms with E-state index in [9.17, 15) is 13.6 Å². The summed E-state index contributed by atoms with van der Waals surface area (Å²) in [5, 5.41) is 8.66. The molecule has 0 atom stereocenters. The molecule has 15 heavy (non-hydrogen) atoms. The molecule has 0 fully saturated rings. The highest BCUT2D eigenvalue weighted by molar-refractivity contribution is 5.94. The second-order valence-electron chi connectivity index (χ2n) is 2.99. The lowest BCUT2D eigenvalue weighted by Gasteiger charge is -1.99. The molecule has 1 aromatic carbocycles. The van der Waals surface area contributed by atoms with E-state index in [1.165, 1.54) is 0 Å². The predicted octanol–water partition coefficient (Wildman–Crippen LogP) is 2.15. The Morgan fingerprint density at radius 3 is 2.80 bits per heavy atom. The molecule has 1 N–H and O–H groups in total. The number of carbonyl (C=O) groups is 1. The topological polar surface area (TPSA) is 42.2 Å². The fourth-order valence-electron chi connectivity index (χ4n) is 1.39. The van der Waals surface area contributed by atoms with Crippen LogP contribution in [0, 0.1) is 11.6 Å². The van der Waals surface area contributed by atoms with Crippen LogP contribution in [0.4, 0.5) is 8.78 Å². The Morgan fingerprint density at radius 1 is 1.47 bits per heavy atom. The molecule has 0 unspecified atom stereocenters. The zero-order valence-electron chi connectivity index (χ0n) is 10.3. The molecule has 0 bridgehead atoms. The van der Waals surface area contributed by atoms with Gasteiger partial charge in [0.05, 0.1) is 5.52 Å². The number of aromatic carboxylic acids is 1. The van der Waals surface area contributed by atoms with Crippen LogP contribution in [0.25, 0.3) is 10.9 Å². The fraction of sp³-hybridized carbons (Fsp3) is 0.100. The highest BCUT2D eigenvalue weighted by Gasteiger charge is 2.15. The van der Waals surface area contributed by atoms with Gasteiger partial charge in [0, 0.05) is 22.5 Å². The van der Waals surface area contributed by atoms with Gasteiger partial charge in [0.25, 0.3) is 0 Å². The zero-order valence-corrected chi connectivity index (χ0v) is 7.29. The lowest BCUT2D eigenvalue weighted by Crippen LogP contribution is -2.03. The fourth-order valence-corrected chi connectivity index (χ4v) is 1.39. The lowest BCUT2D eigenvalue weighted by molar-refractivity contribution is 0.0687. The molecule has 0 saturated carbocycles. The minimum atomic E-state index is -2.84. The van der Waals surface area contributed by atoms with Crippen LogP contribution in [0.3, 0.4) is 0 Å². The molecule has 0 aliphatic rings. The van der Waals surface area contributed by atoms with E-state index in [-0.39, 0.29) is 10.9 Å². The molecule has 0 aliphatic carbocycles. The average molecular weight is 214 g/mol. The van der Waals surface area contributed by atoms with Gasteiger partial charge in [0.15, 0.2) is 0 Å². The van der Waals surface area contributed by atoms with Crippen molar-refractivity contribution in [3.05, 3.63) is 35.5 Å². The summed E-state index contributed by atoms with van der Waals surface area (Å²) in [6.45, 7) is -2.84. The van der Waals surface area contributed by atoms with Crippen LogP contribution in [0.5, 0.6) is 0 Å². The second-order valence-corrected chi connectivity index (χ2v) is 2.99. The SMILES string of the molecule is [2H]C([2H])([2H])n1c(C(=O)O)cc2c(F)cc(F)cc21. The van der Waals surface area contributed by atoms with Crippen LogP contribution in [-0.2, 0) is 6.98 Å². The zero-order chi connectivity index (χ0) is 13.7. The normalized spacial score (nSPS) is 14.7. The number of carboxylic acids is 1. The van der Waals surface area contributed by atoms with Crippen LogP contribution < -0.4 is 0 Å². The van der Waals surface area contributed by atoms with Gasteiger partial charge in [-0.1, -0.05) is 0 Å². The highest BCUT2D eigenvalue weighted by Crippen LogP contribution is 2.23. The van der Waals surface area contributed by atoms with Crippen LogP contribution in [-0.4, -0.2) is 15.6 Å². The summed E-state index contributed by atoms with van der Waals surface area (Å²) in [7, 11) is 0. The average Bonchev–Trinajstić information content (AvgIpc) is 2.56. The Balaban J connectivity index is 2.95. The first-order valence-corrected chi connectivity index (χ1v) is 3.96. The molecule has 2 aromatic rings. The van der Waals surface area contributed by atoms with E-state index in [0.717, 1.165) is 12.1 Å². The van der Waals surface area contributed by atoms with Crippen molar-refractivity contribution < 1.29 is 22.8 Å². The van der Waals surface area contributed by atoms with Gasteiger partial charge in [0.1, 0.15) is 17.3 Å². The van der Waals surface area contributed by atoms with Crippen molar-refractivity contribution in [2.45, 2.75) is 0 Å². The largest absolute Gasteiger partial charge is 0.477 e. The summed E-state index contributed by atoms with van der Waals surface area (Å²) < 4.78 is 48.7. The smallest absolute Gasteiger partial charge is 0.352 e. The van der Waals surface area contributed by atoms with E-state index in [1.807, 2.05) is 0 Å². The molecule has 3 nitrogen and oxygen atoms in total. The van der Waals surface area contributed by atoms with Gasteiger partial charge in [-0.2, -0.15) is 0 Å². The Labute approximate surface area is 87.8 Å². The Bertz CT molecular complexity index is 649. The van der Waals surface area contributed by atoms with Crippen molar-refractivity contribution in [3.63, 3.8) is 0 Å². The molecule has 1 heterocycles.